The molecule has 15 heavy (non-hydrogen) atoms. The normalized spacial score (nSPS) is 11.7. The lowest BCUT2D eigenvalue weighted by molar-refractivity contribution is 0.548. The molecule has 0 aromatic heterocycles. The Balaban J connectivity index is 3.05. The number of sulfone groups is 1. The summed E-state index contributed by atoms with van der Waals surface area (Å²) < 4.78 is 48.7. The van der Waals surface area contributed by atoms with Crippen LogP contribution in [0.1, 0.15) is 0 Å². The molecule has 1 N–H and O–H groups in total. The van der Waals surface area contributed by atoms with Gasteiger partial charge in [0.05, 0.1) is 5.75 Å². The topological polar surface area (TPSA) is 46.2 Å². The molecule has 0 bridgehead atoms. The monoisotopic (exact) mass is 235 g/mol. The average molecular weight is 235 g/mol. The van der Waals surface area contributed by atoms with Gasteiger partial charge in [-0.1, -0.05) is 0 Å². The number of hydrogen-bond donors (Lipinski definition) is 1. The summed E-state index contributed by atoms with van der Waals surface area (Å²) in [4.78, 5) is -0.459. The lowest BCUT2D eigenvalue weighted by atomic mass is 10.3. The van der Waals surface area contributed by atoms with E-state index in [1.807, 2.05) is 0 Å². The second-order valence-electron chi connectivity index (χ2n) is 3.00. The van der Waals surface area contributed by atoms with Gasteiger partial charge in [0.25, 0.3) is 0 Å². The molecule has 0 fully saturated rings. The Hall–Kier alpha value is -1.01. The highest BCUT2D eigenvalue weighted by Gasteiger charge is 2.18. The molecule has 0 aliphatic heterocycles. The van der Waals surface area contributed by atoms with Crippen LogP contribution in [0, 0.1) is 11.6 Å². The van der Waals surface area contributed by atoms with Gasteiger partial charge in [-0.2, -0.15) is 0 Å². The summed E-state index contributed by atoms with van der Waals surface area (Å²) in [6, 6.07) is 2.43. The highest BCUT2D eigenvalue weighted by Crippen LogP contribution is 2.16. The van der Waals surface area contributed by atoms with Crippen LogP contribution >= 0.6 is 0 Å². The van der Waals surface area contributed by atoms with Gasteiger partial charge in [0.2, 0.25) is 0 Å². The Kier molecular flexibility index (Phi) is 3.76. The molecule has 0 aliphatic carbocycles. The van der Waals surface area contributed by atoms with Crippen molar-refractivity contribution in [1.82, 2.24) is 5.32 Å². The first-order valence-electron chi connectivity index (χ1n) is 4.30. The van der Waals surface area contributed by atoms with Crippen LogP contribution < -0.4 is 5.32 Å². The summed E-state index contributed by atoms with van der Waals surface area (Å²) >= 11 is 0. The molecule has 1 aromatic carbocycles. The molecule has 0 aliphatic rings. The summed E-state index contributed by atoms with van der Waals surface area (Å²) in [6.07, 6.45) is 0. The summed E-state index contributed by atoms with van der Waals surface area (Å²) in [5.74, 6) is -2.06. The standard InChI is InChI=1S/C9H11F2NO2S/c1-12-4-5-15(13,14)9-3-2-7(10)6-8(9)11/h2-3,6,12H,4-5H2,1H3. The molecule has 6 heteroatoms. The van der Waals surface area contributed by atoms with Gasteiger partial charge in [0, 0.05) is 12.6 Å². The third-order valence-electron chi connectivity index (χ3n) is 1.85. The predicted octanol–water partition coefficient (Wildman–Crippen LogP) is 0.958. The van der Waals surface area contributed by atoms with Gasteiger partial charge >= 0.3 is 0 Å². The molecule has 1 aromatic rings. The molecule has 3 nitrogen and oxygen atoms in total. The largest absolute Gasteiger partial charge is 0.319 e. The molecular weight excluding hydrogens is 224 g/mol. The van der Waals surface area contributed by atoms with Crippen LogP contribution in [0.3, 0.4) is 0 Å². The summed E-state index contributed by atoms with van der Waals surface area (Å²) in [7, 11) is -2.08. The highest BCUT2D eigenvalue weighted by molar-refractivity contribution is 7.91. The van der Waals surface area contributed by atoms with E-state index in [1.54, 1.807) is 7.05 Å². The zero-order valence-electron chi connectivity index (χ0n) is 8.13. The Morgan fingerprint density at radius 2 is 2.00 bits per heavy atom. The quantitative estimate of drug-likeness (QED) is 0.791. The molecular formula is C9H11F2NO2S. The van der Waals surface area contributed by atoms with Crippen LogP contribution in [0.15, 0.2) is 23.1 Å². The van der Waals surface area contributed by atoms with Crippen molar-refractivity contribution in [2.45, 2.75) is 4.90 Å². The lowest BCUT2D eigenvalue weighted by Crippen LogP contribution is -2.20. The first-order valence-corrected chi connectivity index (χ1v) is 5.95. The maximum absolute atomic E-state index is 13.1. The molecule has 0 atom stereocenters. The van der Waals surface area contributed by atoms with Crippen molar-refractivity contribution in [3.05, 3.63) is 29.8 Å². The Bertz CT molecular complexity index is 445. The van der Waals surface area contributed by atoms with Gasteiger partial charge in [-0.25, -0.2) is 17.2 Å². The fourth-order valence-electron chi connectivity index (χ4n) is 1.07. The van der Waals surface area contributed by atoms with E-state index in [4.69, 9.17) is 0 Å². The average Bonchev–Trinajstić information content (AvgIpc) is 2.14. The number of rotatable bonds is 4. The number of nitrogens with one attached hydrogen (secondary N) is 1. The molecule has 0 saturated carbocycles. The van der Waals surface area contributed by atoms with E-state index >= 15 is 0 Å². The van der Waals surface area contributed by atoms with Crippen molar-refractivity contribution < 1.29 is 17.2 Å². The van der Waals surface area contributed by atoms with Gasteiger partial charge in [0.1, 0.15) is 16.5 Å². The second kappa shape index (κ2) is 4.67. The van der Waals surface area contributed by atoms with E-state index in [9.17, 15) is 17.2 Å². The molecule has 0 amide bonds. The fourth-order valence-corrected chi connectivity index (χ4v) is 2.40. The third kappa shape index (κ3) is 2.97. The van der Waals surface area contributed by atoms with E-state index < -0.39 is 26.4 Å². The minimum Gasteiger partial charge on any atom is -0.319 e. The zero-order chi connectivity index (χ0) is 11.5. The van der Waals surface area contributed by atoms with Crippen molar-refractivity contribution in [3.63, 3.8) is 0 Å². The van der Waals surface area contributed by atoms with Gasteiger partial charge in [-0.15, -0.1) is 0 Å². The number of benzene rings is 1. The van der Waals surface area contributed by atoms with E-state index in [2.05, 4.69) is 5.32 Å². The van der Waals surface area contributed by atoms with E-state index in [1.165, 1.54) is 0 Å². The van der Waals surface area contributed by atoms with Crippen molar-refractivity contribution in [2.75, 3.05) is 19.3 Å². The molecule has 0 spiro atoms. The summed E-state index contributed by atoms with van der Waals surface area (Å²) in [5.41, 5.74) is 0. The molecule has 0 saturated heterocycles. The number of halogens is 2. The van der Waals surface area contributed by atoms with Crippen molar-refractivity contribution in [1.29, 1.82) is 0 Å². The Morgan fingerprint density at radius 3 is 2.53 bits per heavy atom. The first-order chi connectivity index (χ1) is 6.97. The summed E-state index contributed by atoms with van der Waals surface area (Å²) in [6.45, 7) is 0.221. The Morgan fingerprint density at radius 1 is 1.33 bits per heavy atom. The van der Waals surface area contributed by atoms with Gasteiger partial charge < -0.3 is 5.32 Å². The van der Waals surface area contributed by atoms with Crippen LogP contribution in [0.4, 0.5) is 8.78 Å². The maximum atomic E-state index is 13.1. The minimum absolute atomic E-state index is 0.216. The Labute approximate surface area is 87.0 Å². The summed E-state index contributed by atoms with van der Waals surface area (Å²) in [5, 5.41) is 2.65. The van der Waals surface area contributed by atoms with Crippen LogP contribution in [-0.4, -0.2) is 27.8 Å². The van der Waals surface area contributed by atoms with Gasteiger partial charge in [0.15, 0.2) is 9.84 Å². The van der Waals surface area contributed by atoms with E-state index in [-0.39, 0.29) is 12.3 Å². The predicted molar refractivity (Wildman–Crippen MR) is 52.3 cm³/mol. The second-order valence-corrected chi connectivity index (χ2v) is 5.07. The minimum atomic E-state index is -3.67. The molecule has 0 radical (unpaired) electrons. The van der Waals surface area contributed by atoms with Crippen molar-refractivity contribution in [3.8, 4) is 0 Å². The lowest BCUT2D eigenvalue weighted by Gasteiger charge is -2.04. The smallest absolute Gasteiger partial charge is 0.182 e. The highest BCUT2D eigenvalue weighted by atomic mass is 32.2. The molecule has 1 rings (SSSR count). The van der Waals surface area contributed by atoms with Crippen LogP contribution in [0.5, 0.6) is 0 Å². The number of hydrogen-bond acceptors (Lipinski definition) is 3. The molecule has 0 heterocycles. The fraction of sp³-hybridized carbons (Fsp3) is 0.333. The van der Waals surface area contributed by atoms with Gasteiger partial charge in [-0.05, 0) is 19.2 Å². The van der Waals surface area contributed by atoms with Gasteiger partial charge in [-0.3, -0.25) is 0 Å². The maximum Gasteiger partial charge on any atom is 0.182 e. The zero-order valence-corrected chi connectivity index (χ0v) is 8.94. The van der Waals surface area contributed by atoms with Crippen LogP contribution in [0.2, 0.25) is 0 Å². The van der Waals surface area contributed by atoms with Crippen molar-refractivity contribution >= 4 is 9.84 Å². The third-order valence-corrected chi connectivity index (χ3v) is 3.59. The van der Waals surface area contributed by atoms with E-state index in [0.29, 0.717) is 6.07 Å². The molecule has 0 unspecified atom stereocenters. The van der Waals surface area contributed by atoms with Crippen molar-refractivity contribution in [2.24, 2.45) is 0 Å². The molecule has 84 valence electrons. The van der Waals surface area contributed by atoms with Crippen LogP contribution in [-0.2, 0) is 9.84 Å². The first kappa shape index (κ1) is 12.1. The SMILES string of the molecule is CNCCS(=O)(=O)c1ccc(F)cc1F. The van der Waals surface area contributed by atoms with Crippen LogP contribution in [0.25, 0.3) is 0 Å². The van der Waals surface area contributed by atoms with E-state index in [0.717, 1.165) is 12.1 Å².